The Morgan fingerprint density at radius 3 is 3.15 bits per heavy atom. The van der Waals surface area contributed by atoms with Gasteiger partial charge in [-0.05, 0) is 12.1 Å². The minimum absolute atomic E-state index is 0.0847. The Kier molecular flexibility index (Phi) is 1.90. The van der Waals surface area contributed by atoms with E-state index in [1.165, 1.54) is 0 Å². The molecule has 4 nitrogen and oxygen atoms in total. The Balaban J connectivity index is 2.48. The molecule has 1 aromatic heterocycles. The molecule has 68 valence electrons. The molecule has 0 atom stereocenters. The summed E-state index contributed by atoms with van der Waals surface area (Å²) < 4.78 is 5.32. The van der Waals surface area contributed by atoms with Crippen molar-refractivity contribution in [3.63, 3.8) is 0 Å². The van der Waals surface area contributed by atoms with Crippen LogP contribution in [0.2, 0.25) is 0 Å². The summed E-state index contributed by atoms with van der Waals surface area (Å²) in [6.07, 6.45) is 0. The number of anilines is 1. The molecule has 0 aliphatic heterocycles. The number of aromatic nitrogens is 1. The average Bonchev–Trinajstić information content (AvgIpc) is 2.44. The maximum atomic E-state index is 8.64. The molecule has 0 fully saturated rings. The predicted octanol–water partition coefficient (Wildman–Crippen LogP) is 1.50. The summed E-state index contributed by atoms with van der Waals surface area (Å²) in [5, 5.41) is 11.4. The standard InChI is InChI=1S/C9H10N2O2/c1-6-11-8-3-2-7(10-5-12)4-9(8)13-6/h2-4,10,12H,5H2,1H3. The molecule has 0 unspecified atom stereocenters. The highest BCUT2D eigenvalue weighted by atomic mass is 16.3. The molecule has 1 heterocycles. The quantitative estimate of drug-likeness (QED) is 0.684. The van der Waals surface area contributed by atoms with Crippen LogP contribution in [0.3, 0.4) is 0 Å². The van der Waals surface area contributed by atoms with Crippen LogP contribution in [0, 0.1) is 6.92 Å². The van der Waals surface area contributed by atoms with Gasteiger partial charge in [-0.15, -0.1) is 0 Å². The lowest BCUT2D eigenvalue weighted by atomic mass is 10.3. The van der Waals surface area contributed by atoms with E-state index in [0.29, 0.717) is 5.89 Å². The van der Waals surface area contributed by atoms with Crippen LogP contribution in [-0.4, -0.2) is 16.8 Å². The van der Waals surface area contributed by atoms with Gasteiger partial charge in [-0.25, -0.2) is 4.98 Å². The molecule has 1 aromatic carbocycles. The van der Waals surface area contributed by atoms with Gasteiger partial charge in [-0.2, -0.15) is 0 Å². The van der Waals surface area contributed by atoms with Crippen LogP contribution >= 0.6 is 0 Å². The van der Waals surface area contributed by atoms with E-state index in [-0.39, 0.29) is 6.73 Å². The second-order valence-electron chi connectivity index (χ2n) is 2.75. The summed E-state index contributed by atoms with van der Waals surface area (Å²) in [4.78, 5) is 4.16. The molecule has 0 aliphatic rings. The first-order chi connectivity index (χ1) is 6.29. The van der Waals surface area contributed by atoms with Crippen molar-refractivity contribution >= 4 is 16.8 Å². The smallest absolute Gasteiger partial charge is 0.192 e. The fraction of sp³-hybridized carbons (Fsp3) is 0.222. The second kappa shape index (κ2) is 3.06. The zero-order valence-electron chi connectivity index (χ0n) is 7.24. The topological polar surface area (TPSA) is 58.3 Å². The van der Waals surface area contributed by atoms with E-state index in [9.17, 15) is 0 Å². The minimum atomic E-state index is -0.0847. The van der Waals surface area contributed by atoms with Crippen molar-refractivity contribution in [2.45, 2.75) is 6.92 Å². The van der Waals surface area contributed by atoms with Gasteiger partial charge in [0.05, 0.1) is 0 Å². The van der Waals surface area contributed by atoms with Gasteiger partial charge in [0.2, 0.25) is 0 Å². The van der Waals surface area contributed by atoms with Crippen LogP contribution in [-0.2, 0) is 0 Å². The Morgan fingerprint density at radius 2 is 2.38 bits per heavy atom. The molecule has 0 bridgehead atoms. The van der Waals surface area contributed by atoms with Crippen molar-refractivity contribution in [1.29, 1.82) is 0 Å². The van der Waals surface area contributed by atoms with E-state index in [0.717, 1.165) is 16.8 Å². The lowest BCUT2D eigenvalue weighted by molar-refractivity contribution is 0.325. The third-order valence-electron chi connectivity index (χ3n) is 1.78. The highest BCUT2D eigenvalue weighted by Crippen LogP contribution is 2.19. The van der Waals surface area contributed by atoms with Gasteiger partial charge in [-0.3, -0.25) is 0 Å². The summed E-state index contributed by atoms with van der Waals surface area (Å²) in [5.41, 5.74) is 2.39. The number of nitrogens with one attached hydrogen (secondary N) is 1. The van der Waals surface area contributed by atoms with Crippen molar-refractivity contribution in [3.05, 3.63) is 24.1 Å². The fourth-order valence-electron chi connectivity index (χ4n) is 1.24. The van der Waals surface area contributed by atoms with Crippen LogP contribution < -0.4 is 5.32 Å². The zero-order valence-corrected chi connectivity index (χ0v) is 7.24. The summed E-state index contributed by atoms with van der Waals surface area (Å²) in [5.74, 6) is 0.649. The van der Waals surface area contributed by atoms with Crippen LogP contribution in [0.4, 0.5) is 5.69 Å². The maximum absolute atomic E-state index is 8.64. The number of benzene rings is 1. The maximum Gasteiger partial charge on any atom is 0.192 e. The van der Waals surface area contributed by atoms with Crippen LogP contribution in [0.1, 0.15) is 5.89 Å². The first kappa shape index (κ1) is 8.07. The number of aryl methyl sites for hydroxylation is 1. The number of fused-ring (bicyclic) bond motifs is 1. The van der Waals surface area contributed by atoms with Gasteiger partial charge in [0.1, 0.15) is 12.2 Å². The number of aliphatic hydroxyl groups excluding tert-OH is 1. The third-order valence-corrected chi connectivity index (χ3v) is 1.78. The summed E-state index contributed by atoms with van der Waals surface area (Å²) in [6, 6.07) is 5.51. The Bertz CT molecular complexity index is 422. The van der Waals surface area contributed by atoms with Crippen molar-refractivity contribution in [3.8, 4) is 0 Å². The number of rotatable bonds is 2. The molecular weight excluding hydrogens is 168 g/mol. The van der Waals surface area contributed by atoms with Crippen LogP contribution in [0.5, 0.6) is 0 Å². The van der Waals surface area contributed by atoms with Gasteiger partial charge in [0, 0.05) is 18.7 Å². The number of oxazole rings is 1. The number of hydrogen-bond donors (Lipinski definition) is 2. The molecule has 13 heavy (non-hydrogen) atoms. The monoisotopic (exact) mass is 178 g/mol. The molecule has 0 radical (unpaired) electrons. The second-order valence-corrected chi connectivity index (χ2v) is 2.75. The lowest BCUT2D eigenvalue weighted by Gasteiger charge is -1.99. The van der Waals surface area contributed by atoms with E-state index >= 15 is 0 Å². The fourth-order valence-corrected chi connectivity index (χ4v) is 1.24. The molecule has 0 amide bonds. The van der Waals surface area contributed by atoms with Gasteiger partial charge < -0.3 is 14.8 Å². The summed E-state index contributed by atoms with van der Waals surface area (Å²) >= 11 is 0. The first-order valence-electron chi connectivity index (χ1n) is 4.01. The van der Waals surface area contributed by atoms with E-state index in [1.54, 1.807) is 6.92 Å². The summed E-state index contributed by atoms with van der Waals surface area (Å²) in [6.45, 7) is 1.72. The van der Waals surface area contributed by atoms with Gasteiger partial charge >= 0.3 is 0 Å². The van der Waals surface area contributed by atoms with E-state index in [2.05, 4.69) is 10.3 Å². The van der Waals surface area contributed by atoms with Gasteiger partial charge in [-0.1, -0.05) is 0 Å². The molecule has 2 aromatic rings. The largest absolute Gasteiger partial charge is 0.441 e. The SMILES string of the molecule is Cc1nc2ccc(NCO)cc2o1. The third kappa shape index (κ3) is 1.48. The molecule has 4 heteroatoms. The van der Waals surface area contributed by atoms with Crippen molar-refractivity contribution in [1.82, 2.24) is 4.98 Å². The van der Waals surface area contributed by atoms with Crippen molar-refractivity contribution in [2.75, 3.05) is 12.0 Å². The molecule has 0 saturated heterocycles. The number of aliphatic hydroxyl groups is 1. The first-order valence-corrected chi connectivity index (χ1v) is 4.01. The Labute approximate surface area is 75.2 Å². The number of hydrogen-bond acceptors (Lipinski definition) is 4. The highest BCUT2D eigenvalue weighted by Gasteiger charge is 2.01. The zero-order chi connectivity index (χ0) is 9.26. The predicted molar refractivity (Wildman–Crippen MR) is 49.5 cm³/mol. The molecular formula is C9H10N2O2. The van der Waals surface area contributed by atoms with Crippen LogP contribution in [0.15, 0.2) is 22.6 Å². The van der Waals surface area contributed by atoms with E-state index in [4.69, 9.17) is 9.52 Å². The molecule has 0 saturated carbocycles. The van der Waals surface area contributed by atoms with Crippen molar-refractivity contribution in [2.24, 2.45) is 0 Å². The Hall–Kier alpha value is -1.55. The van der Waals surface area contributed by atoms with Crippen LogP contribution in [0.25, 0.3) is 11.1 Å². The highest BCUT2D eigenvalue weighted by molar-refractivity contribution is 5.77. The van der Waals surface area contributed by atoms with E-state index < -0.39 is 0 Å². The average molecular weight is 178 g/mol. The minimum Gasteiger partial charge on any atom is -0.441 e. The molecule has 0 aliphatic carbocycles. The normalized spacial score (nSPS) is 10.6. The number of nitrogens with zero attached hydrogens (tertiary/aromatic N) is 1. The summed E-state index contributed by atoms with van der Waals surface area (Å²) in [7, 11) is 0. The molecule has 2 rings (SSSR count). The van der Waals surface area contributed by atoms with E-state index in [1.807, 2.05) is 18.2 Å². The van der Waals surface area contributed by atoms with Gasteiger partial charge in [0.15, 0.2) is 11.5 Å². The lowest BCUT2D eigenvalue weighted by Crippen LogP contribution is -1.98. The Morgan fingerprint density at radius 1 is 1.54 bits per heavy atom. The molecule has 2 N–H and O–H groups in total. The van der Waals surface area contributed by atoms with Gasteiger partial charge in [0.25, 0.3) is 0 Å². The van der Waals surface area contributed by atoms with Crippen molar-refractivity contribution < 1.29 is 9.52 Å². The molecule has 0 spiro atoms.